The Labute approximate surface area is 160 Å². The topological polar surface area (TPSA) is 43.1 Å². The second-order valence-corrected chi connectivity index (χ2v) is 7.34. The maximum Gasteiger partial charge on any atom is 0.166 e. The van der Waals surface area contributed by atoms with Crippen molar-refractivity contribution in [3.63, 3.8) is 0 Å². The highest BCUT2D eigenvalue weighted by atomic mass is 15.1. The van der Waals surface area contributed by atoms with Gasteiger partial charge in [0.05, 0.1) is 11.0 Å². The van der Waals surface area contributed by atoms with Crippen molar-refractivity contribution in [1.82, 2.24) is 19.4 Å². The largest absolute Gasteiger partial charge is 0.274 e. The number of benzene rings is 2. The zero-order chi connectivity index (χ0) is 18.2. The first-order valence-corrected chi connectivity index (χ1v) is 9.44. The fourth-order valence-corrected chi connectivity index (χ4v) is 4.72. The molecule has 0 saturated heterocycles. The number of imidazole rings is 1. The molecular weight excluding hydrogens is 344 g/mol. The number of pyridine rings is 3. The monoisotopic (exact) mass is 358 g/mol. The molecular formula is C24H14N4. The molecule has 0 radical (unpaired) electrons. The fourth-order valence-electron chi connectivity index (χ4n) is 4.72. The molecule has 0 unspecified atom stereocenters. The van der Waals surface area contributed by atoms with Crippen molar-refractivity contribution in [1.29, 1.82) is 0 Å². The van der Waals surface area contributed by atoms with Gasteiger partial charge in [0.1, 0.15) is 11.2 Å². The lowest BCUT2D eigenvalue weighted by Crippen LogP contribution is -1.94. The van der Waals surface area contributed by atoms with E-state index < -0.39 is 0 Å². The standard InChI is InChI=1S/C24H14N4/c1-2-6-15-14(5-1)13-19-16(15)9-10-20-21(19)27-24-22-17(7-3-11-25-22)18-8-4-12-26-23(18)28(20)24/h1-12H,13H2. The van der Waals surface area contributed by atoms with Gasteiger partial charge in [0.15, 0.2) is 5.65 Å². The first-order valence-electron chi connectivity index (χ1n) is 9.44. The van der Waals surface area contributed by atoms with Gasteiger partial charge in [-0.3, -0.25) is 9.38 Å². The number of fused-ring (bicyclic) bond motifs is 12. The Morgan fingerprint density at radius 3 is 2.50 bits per heavy atom. The smallest absolute Gasteiger partial charge is 0.166 e. The van der Waals surface area contributed by atoms with Crippen LogP contribution in [0.1, 0.15) is 11.1 Å². The van der Waals surface area contributed by atoms with Crippen LogP contribution >= 0.6 is 0 Å². The van der Waals surface area contributed by atoms with E-state index in [0.29, 0.717) is 0 Å². The summed E-state index contributed by atoms with van der Waals surface area (Å²) >= 11 is 0. The van der Waals surface area contributed by atoms with E-state index in [-0.39, 0.29) is 0 Å². The van der Waals surface area contributed by atoms with Crippen LogP contribution in [-0.4, -0.2) is 19.4 Å². The minimum absolute atomic E-state index is 0.876. The highest BCUT2D eigenvalue weighted by Gasteiger charge is 2.24. The van der Waals surface area contributed by atoms with Gasteiger partial charge in [-0.15, -0.1) is 0 Å². The van der Waals surface area contributed by atoms with Gasteiger partial charge in [-0.1, -0.05) is 36.4 Å². The molecule has 0 atom stereocenters. The highest BCUT2D eigenvalue weighted by molar-refractivity contribution is 6.11. The lowest BCUT2D eigenvalue weighted by molar-refractivity contribution is 1.22. The normalized spacial score (nSPS) is 12.9. The van der Waals surface area contributed by atoms with Crippen LogP contribution in [-0.2, 0) is 6.42 Å². The molecule has 4 heterocycles. The molecule has 0 bridgehead atoms. The fraction of sp³-hybridized carbons (Fsp3) is 0.0417. The number of rotatable bonds is 0. The maximum absolute atomic E-state index is 5.11. The molecule has 0 spiro atoms. The molecule has 0 aliphatic heterocycles. The average molecular weight is 358 g/mol. The number of nitrogens with zero attached hydrogens (tertiary/aromatic N) is 4. The van der Waals surface area contributed by atoms with Crippen molar-refractivity contribution in [2.75, 3.05) is 0 Å². The lowest BCUT2D eigenvalue weighted by Gasteiger charge is -2.07. The minimum atomic E-state index is 0.876. The van der Waals surface area contributed by atoms with E-state index >= 15 is 0 Å². The van der Waals surface area contributed by atoms with Gasteiger partial charge < -0.3 is 0 Å². The predicted molar refractivity (Wildman–Crippen MR) is 112 cm³/mol. The number of hydrogen-bond acceptors (Lipinski definition) is 3. The third kappa shape index (κ3) is 1.63. The summed E-state index contributed by atoms with van der Waals surface area (Å²) in [4.78, 5) is 14.5. The molecule has 2 aromatic carbocycles. The molecule has 1 aliphatic rings. The van der Waals surface area contributed by atoms with Crippen LogP contribution in [0.4, 0.5) is 0 Å². The zero-order valence-electron chi connectivity index (χ0n) is 14.9. The molecule has 4 heteroatoms. The summed E-state index contributed by atoms with van der Waals surface area (Å²) in [6, 6.07) is 21.2. The molecule has 0 fully saturated rings. The second-order valence-electron chi connectivity index (χ2n) is 7.34. The first kappa shape index (κ1) is 14.3. The van der Waals surface area contributed by atoms with Crippen LogP contribution in [0, 0.1) is 0 Å². The van der Waals surface area contributed by atoms with E-state index in [1.807, 2.05) is 24.5 Å². The summed E-state index contributed by atoms with van der Waals surface area (Å²) in [5, 5.41) is 2.19. The van der Waals surface area contributed by atoms with Crippen molar-refractivity contribution < 1.29 is 0 Å². The van der Waals surface area contributed by atoms with Crippen molar-refractivity contribution in [3.05, 3.63) is 84.2 Å². The summed E-state index contributed by atoms with van der Waals surface area (Å²) in [5.41, 5.74) is 10.2. The predicted octanol–water partition coefficient (Wildman–Crippen LogP) is 5.16. The van der Waals surface area contributed by atoms with Crippen LogP contribution in [0.2, 0.25) is 0 Å². The first-order chi connectivity index (χ1) is 13.9. The third-order valence-corrected chi connectivity index (χ3v) is 5.91. The van der Waals surface area contributed by atoms with E-state index in [9.17, 15) is 0 Å². The highest BCUT2D eigenvalue weighted by Crippen LogP contribution is 2.41. The lowest BCUT2D eigenvalue weighted by atomic mass is 10.1. The van der Waals surface area contributed by atoms with Gasteiger partial charge in [0.25, 0.3) is 0 Å². The van der Waals surface area contributed by atoms with E-state index in [0.717, 1.165) is 45.0 Å². The molecule has 0 saturated carbocycles. The Bertz CT molecular complexity index is 1590. The van der Waals surface area contributed by atoms with Gasteiger partial charge in [0, 0.05) is 29.6 Å². The second kappa shape index (κ2) is 4.93. The van der Waals surface area contributed by atoms with Gasteiger partial charge in [-0.2, -0.15) is 0 Å². The quantitative estimate of drug-likeness (QED) is 0.352. The summed E-state index contributed by atoms with van der Waals surface area (Å²) in [6.45, 7) is 0. The molecule has 28 heavy (non-hydrogen) atoms. The molecule has 130 valence electrons. The molecule has 1 aliphatic carbocycles. The zero-order valence-corrected chi connectivity index (χ0v) is 14.9. The Morgan fingerprint density at radius 2 is 1.54 bits per heavy atom. The Kier molecular flexibility index (Phi) is 2.51. The van der Waals surface area contributed by atoms with Crippen LogP contribution in [0.25, 0.3) is 49.7 Å². The Hall–Kier alpha value is -3.79. The number of hydrogen-bond donors (Lipinski definition) is 0. The van der Waals surface area contributed by atoms with Crippen LogP contribution in [0.3, 0.4) is 0 Å². The van der Waals surface area contributed by atoms with E-state index in [1.165, 1.54) is 22.3 Å². The summed E-state index contributed by atoms with van der Waals surface area (Å²) in [5.74, 6) is 0. The minimum Gasteiger partial charge on any atom is -0.274 e. The summed E-state index contributed by atoms with van der Waals surface area (Å²) < 4.78 is 2.17. The molecule has 6 aromatic rings. The van der Waals surface area contributed by atoms with Crippen molar-refractivity contribution >= 4 is 38.6 Å². The van der Waals surface area contributed by atoms with E-state index in [4.69, 9.17) is 9.97 Å². The SMILES string of the molecule is c1ccc2c(c1)Cc1c-2ccc2c1nc1c3ncccc3c3cccnc3n21. The van der Waals surface area contributed by atoms with Crippen LogP contribution in [0.15, 0.2) is 73.1 Å². The summed E-state index contributed by atoms with van der Waals surface area (Å²) in [7, 11) is 0. The van der Waals surface area contributed by atoms with Gasteiger partial charge >= 0.3 is 0 Å². The van der Waals surface area contributed by atoms with Crippen LogP contribution in [0.5, 0.6) is 0 Å². The third-order valence-electron chi connectivity index (χ3n) is 5.91. The van der Waals surface area contributed by atoms with Crippen molar-refractivity contribution in [2.45, 2.75) is 6.42 Å². The van der Waals surface area contributed by atoms with E-state index in [1.54, 1.807) is 0 Å². The number of aromatic nitrogens is 4. The van der Waals surface area contributed by atoms with E-state index in [2.05, 4.69) is 57.9 Å². The van der Waals surface area contributed by atoms with Crippen LogP contribution < -0.4 is 0 Å². The summed E-state index contributed by atoms with van der Waals surface area (Å²) in [6.07, 6.45) is 4.60. The molecule has 0 N–H and O–H groups in total. The van der Waals surface area contributed by atoms with Gasteiger partial charge in [-0.05, 0) is 46.5 Å². The Morgan fingerprint density at radius 1 is 0.679 bits per heavy atom. The van der Waals surface area contributed by atoms with Gasteiger partial charge in [-0.25, -0.2) is 9.97 Å². The average Bonchev–Trinajstić information content (AvgIpc) is 3.33. The molecule has 4 aromatic heterocycles. The maximum atomic E-state index is 5.11. The van der Waals surface area contributed by atoms with Crippen molar-refractivity contribution in [2.24, 2.45) is 0 Å². The molecule has 4 nitrogen and oxygen atoms in total. The van der Waals surface area contributed by atoms with Gasteiger partial charge in [0.2, 0.25) is 0 Å². The molecule has 7 rings (SSSR count). The molecule has 0 amide bonds. The Balaban J connectivity index is 1.72. The van der Waals surface area contributed by atoms with Crippen molar-refractivity contribution in [3.8, 4) is 11.1 Å².